The summed E-state index contributed by atoms with van der Waals surface area (Å²) in [6, 6.07) is 3.38. The van der Waals surface area contributed by atoms with Crippen molar-refractivity contribution < 1.29 is 19.4 Å². The quantitative estimate of drug-likeness (QED) is 0.743. The molecule has 110 valence electrons. The molecule has 0 fully saturated rings. The first-order valence-electron chi connectivity index (χ1n) is 6.45. The minimum Gasteiger partial charge on any atom is -0.481 e. The SMILES string of the molecule is COC(=O)c1ccc(NCC(C)CCC(=O)O)nc1C. The predicted molar refractivity (Wildman–Crippen MR) is 74.8 cm³/mol. The highest BCUT2D eigenvalue weighted by Crippen LogP contribution is 2.13. The van der Waals surface area contributed by atoms with Gasteiger partial charge in [-0.3, -0.25) is 4.79 Å². The minimum atomic E-state index is -0.784. The van der Waals surface area contributed by atoms with Crippen LogP contribution in [0.15, 0.2) is 12.1 Å². The smallest absolute Gasteiger partial charge is 0.339 e. The molecule has 1 aromatic heterocycles. The highest BCUT2D eigenvalue weighted by molar-refractivity contribution is 5.90. The van der Waals surface area contributed by atoms with Crippen LogP contribution in [0, 0.1) is 12.8 Å². The second-order valence-electron chi connectivity index (χ2n) is 4.74. The Labute approximate surface area is 118 Å². The van der Waals surface area contributed by atoms with Crippen LogP contribution < -0.4 is 5.32 Å². The number of pyridine rings is 1. The van der Waals surface area contributed by atoms with Crippen molar-refractivity contribution in [2.75, 3.05) is 19.0 Å². The van der Waals surface area contributed by atoms with E-state index in [1.165, 1.54) is 7.11 Å². The number of hydrogen-bond acceptors (Lipinski definition) is 5. The molecule has 0 aliphatic heterocycles. The monoisotopic (exact) mass is 280 g/mol. The number of ether oxygens (including phenoxy) is 1. The van der Waals surface area contributed by atoms with Crippen molar-refractivity contribution in [1.82, 2.24) is 4.98 Å². The maximum absolute atomic E-state index is 11.4. The van der Waals surface area contributed by atoms with E-state index in [0.717, 1.165) is 0 Å². The van der Waals surface area contributed by atoms with E-state index >= 15 is 0 Å². The van der Waals surface area contributed by atoms with Gasteiger partial charge in [-0.15, -0.1) is 0 Å². The average molecular weight is 280 g/mol. The van der Waals surface area contributed by atoms with E-state index in [4.69, 9.17) is 5.11 Å². The van der Waals surface area contributed by atoms with E-state index in [1.54, 1.807) is 19.1 Å². The van der Waals surface area contributed by atoms with Crippen molar-refractivity contribution in [1.29, 1.82) is 0 Å². The standard InChI is InChI=1S/C14H20N2O4/c1-9(4-7-13(17)18)8-15-12-6-5-11(10(2)16-12)14(19)20-3/h5-6,9H,4,7-8H2,1-3H3,(H,15,16)(H,17,18). The van der Waals surface area contributed by atoms with Gasteiger partial charge < -0.3 is 15.2 Å². The van der Waals surface area contributed by atoms with Crippen LogP contribution in [0.4, 0.5) is 5.82 Å². The van der Waals surface area contributed by atoms with E-state index in [0.29, 0.717) is 30.0 Å². The number of carboxylic acid groups (broad SMARTS) is 1. The van der Waals surface area contributed by atoms with Gasteiger partial charge >= 0.3 is 11.9 Å². The number of nitrogens with one attached hydrogen (secondary N) is 1. The number of nitrogens with zero attached hydrogens (tertiary/aromatic N) is 1. The van der Waals surface area contributed by atoms with Crippen molar-refractivity contribution in [2.45, 2.75) is 26.7 Å². The Morgan fingerprint density at radius 2 is 2.15 bits per heavy atom. The van der Waals surface area contributed by atoms with Crippen molar-refractivity contribution >= 4 is 17.8 Å². The maximum Gasteiger partial charge on any atom is 0.339 e. The van der Waals surface area contributed by atoms with Crippen molar-refractivity contribution in [2.24, 2.45) is 5.92 Å². The minimum absolute atomic E-state index is 0.163. The number of aryl methyl sites for hydroxylation is 1. The van der Waals surface area contributed by atoms with Crippen LogP contribution in [0.3, 0.4) is 0 Å². The fourth-order valence-electron chi connectivity index (χ4n) is 1.74. The molecule has 0 aromatic carbocycles. The third kappa shape index (κ3) is 4.87. The number of aliphatic carboxylic acids is 1. The van der Waals surface area contributed by atoms with Crippen molar-refractivity contribution in [3.8, 4) is 0 Å². The van der Waals surface area contributed by atoms with Gasteiger partial charge in [0.25, 0.3) is 0 Å². The van der Waals surface area contributed by atoms with E-state index < -0.39 is 11.9 Å². The van der Waals surface area contributed by atoms with Gasteiger partial charge in [0.2, 0.25) is 0 Å². The number of carboxylic acids is 1. The molecule has 6 heteroatoms. The second-order valence-corrected chi connectivity index (χ2v) is 4.74. The number of carbonyl (C=O) groups excluding carboxylic acids is 1. The van der Waals surface area contributed by atoms with Gasteiger partial charge in [0.05, 0.1) is 18.4 Å². The molecule has 0 aliphatic rings. The van der Waals surface area contributed by atoms with Gasteiger partial charge in [0.1, 0.15) is 5.82 Å². The summed E-state index contributed by atoms with van der Waals surface area (Å²) in [5, 5.41) is 11.8. The molecule has 1 rings (SSSR count). The summed E-state index contributed by atoms with van der Waals surface area (Å²) in [5.74, 6) is -0.296. The van der Waals surface area contributed by atoms with Gasteiger partial charge in [-0.05, 0) is 31.4 Å². The summed E-state index contributed by atoms with van der Waals surface area (Å²) < 4.78 is 4.65. The third-order valence-corrected chi connectivity index (χ3v) is 2.97. The zero-order valence-electron chi connectivity index (χ0n) is 12.0. The summed E-state index contributed by atoms with van der Waals surface area (Å²) in [5.41, 5.74) is 1.04. The van der Waals surface area contributed by atoms with Gasteiger partial charge in [-0.25, -0.2) is 9.78 Å². The van der Waals surface area contributed by atoms with Crippen LogP contribution in [-0.4, -0.2) is 35.7 Å². The normalized spacial score (nSPS) is 11.8. The van der Waals surface area contributed by atoms with E-state index in [1.807, 2.05) is 6.92 Å². The first-order chi connectivity index (χ1) is 9.43. The highest BCUT2D eigenvalue weighted by atomic mass is 16.5. The van der Waals surface area contributed by atoms with Crippen molar-refractivity contribution in [3.05, 3.63) is 23.4 Å². The Morgan fingerprint density at radius 3 is 2.70 bits per heavy atom. The molecule has 0 radical (unpaired) electrons. The maximum atomic E-state index is 11.4. The summed E-state index contributed by atoms with van der Waals surface area (Å²) in [7, 11) is 1.33. The molecule has 6 nitrogen and oxygen atoms in total. The average Bonchev–Trinajstić information content (AvgIpc) is 2.42. The number of rotatable bonds is 7. The molecule has 0 saturated carbocycles. The number of methoxy groups -OCH3 is 1. The molecule has 1 aromatic rings. The first kappa shape index (κ1) is 15.9. The van der Waals surface area contributed by atoms with Crippen LogP contribution in [-0.2, 0) is 9.53 Å². The lowest BCUT2D eigenvalue weighted by molar-refractivity contribution is -0.137. The molecule has 1 atom stereocenters. The second kappa shape index (κ2) is 7.47. The Kier molecular flexibility index (Phi) is 5.96. The van der Waals surface area contributed by atoms with Gasteiger partial charge in [0.15, 0.2) is 0 Å². The molecule has 0 spiro atoms. The van der Waals surface area contributed by atoms with E-state index in [-0.39, 0.29) is 12.3 Å². The molecule has 0 bridgehead atoms. The van der Waals surface area contributed by atoms with E-state index in [2.05, 4.69) is 15.0 Å². The van der Waals surface area contributed by atoms with Crippen LogP contribution in [0.5, 0.6) is 0 Å². The summed E-state index contributed by atoms with van der Waals surface area (Å²) in [6.07, 6.45) is 0.776. The fourth-order valence-corrected chi connectivity index (χ4v) is 1.74. The third-order valence-electron chi connectivity index (χ3n) is 2.97. The summed E-state index contributed by atoms with van der Waals surface area (Å²) in [6.45, 7) is 4.36. The Morgan fingerprint density at radius 1 is 1.45 bits per heavy atom. The number of esters is 1. The van der Waals surface area contributed by atoms with Gasteiger partial charge in [-0.1, -0.05) is 6.92 Å². The zero-order valence-corrected chi connectivity index (χ0v) is 12.0. The molecule has 20 heavy (non-hydrogen) atoms. The lowest BCUT2D eigenvalue weighted by atomic mass is 10.1. The molecule has 1 unspecified atom stereocenters. The molecular weight excluding hydrogens is 260 g/mol. The number of hydrogen-bond donors (Lipinski definition) is 2. The topological polar surface area (TPSA) is 88.5 Å². The fraction of sp³-hybridized carbons (Fsp3) is 0.500. The first-order valence-corrected chi connectivity index (χ1v) is 6.45. The van der Waals surface area contributed by atoms with Crippen LogP contribution in [0.2, 0.25) is 0 Å². The molecule has 2 N–H and O–H groups in total. The van der Waals surface area contributed by atoms with Gasteiger partial charge in [0, 0.05) is 13.0 Å². The summed E-state index contributed by atoms with van der Waals surface area (Å²) >= 11 is 0. The Bertz CT molecular complexity index is 488. The number of carbonyl (C=O) groups is 2. The largest absolute Gasteiger partial charge is 0.481 e. The lowest BCUT2D eigenvalue weighted by Gasteiger charge is -2.13. The lowest BCUT2D eigenvalue weighted by Crippen LogP contribution is -2.14. The Balaban J connectivity index is 2.55. The number of aromatic nitrogens is 1. The number of anilines is 1. The molecule has 0 saturated heterocycles. The summed E-state index contributed by atoms with van der Waals surface area (Å²) in [4.78, 5) is 26.2. The van der Waals surface area contributed by atoms with E-state index in [9.17, 15) is 9.59 Å². The van der Waals surface area contributed by atoms with Crippen LogP contribution in [0.25, 0.3) is 0 Å². The molecular formula is C14H20N2O4. The zero-order chi connectivity index (χ0) is 15.1. The molecule has 0 aliphatic carbocycles. The molecule has 0 amide bonds. The highest BCUT2D eigenvalue weighted by Gasteiger charge is 2.11. The van der Waals surface area contributed by atoms with Crippen LogP contribution >= 0.6 is 0 Å². The molecule has 1 heterocycles. The van der Waals surface area contributed by atoms with Gasteiger partial charge in [-0.2, -0.15) is 0 Å². The van der Waals surface area contributed by atoms with Crippen molar-refractivity contribution in [3.63, 3.8) is 0 Å². The predicted octanol–water partition coefficient (Wildman–Crippen LogP) is 2.09. The van der Waals surface area contributed by atoms with Crippen LogP contribution in [0.1, 0.15) is 35.8 Å². The Hall–Kier alpha value is -2.11.